The van der Waals surface area contributed by atoms with Gasteiger partial charge in [-0.3, -0.25) is 4.79 Å². The minimum absolute atomic E-state index is 0.206. The molecule has 1 atom stereocenters. The van der Waals surface area contributed by atoms with Gasteiger partial charge in [-0.1, -0.05) is 34.8 Å². The van der Waals surface area contributed by atoms with Gasteiger partial charge < -0.3 is 10.4 Å². The Bertz CT molecular complexity index is 639. The highest BCUT2D eigenvalue weighted by atomic mass is 32.1. The predicted molar refractivity (Wildman–Crippen MR) is 80.0 cm³/mol. The smallest absolute Gasteiger partial charge is 0.265 e. The number of hydrogen-bond donors (Lipinski definition) is 2. The van der Waals surface area contributed by atoms with Crippen LogP contribution in [0.4, 0.5) is 0 Å². The summed E-state index contributed by atoms with van der Waals surface area (Å²) < 4.78 is 3.76. The maximum atomic E-state index is 12.2. The third kappa shape index (κ3) is 2.82. The molecule has 1 fully saturated rings. The molecule has 0 spiro atoms. The Morgan fingerprint density at radius 3 is 2.71 bits per heavy atom. The second-order valence-corrected chi connectivity index (χ2v) is 6.19. The van der Waals surface area contributed by atoms with Crippen molar-refractivity contribution < 1.29 is 9.90 Å². The van der Waals surface area contributed by atoms with E-state index in [0.29, 0.717) is 10.6 Å². The number of carbonyl (C=O) groups excluding carboxylic acids is 1. The summed E-state index contributed by atoms with van der Waals surface area (Å²) in [5, 5.41) is 17.7. The highest BCUT2D eigenvalue weighted by molar-refractivity contribution is 7.07. The van der Waals surface area contributed by atoms with Crippen LogP contribution in [0.1, 0.15) is 33.8 Å². The van der Waals surface area contributed by atoms with Gasteiger partial charge in [-0.15, -0.1) is 5.10 Å². The second kappa shape index (κ2) is 5.54. The lowest BCUT2D eigenvalue weighted by atomic mass is 9.88. The highest BCUT2D eigenvalue weighted by Crippen LogP contribution is 2.45. The maximum Gasteiger partial charge on any atom is 0.265 e. The highest BCUT2D eigenvalue weighted by Gasteiger charge is 2.45. The van der Waals surface area contributed by atoms with Crippen molar-refractivity contribution in [2.75, 3.05) is 6.54 Å². The fourth-order valence-electron chi connectivity index (χ4n) is 2.50. The van der Waals surface area contributed by atoms with Crippen molar-refractivity contribution in [3.8, 4) is 0 Å². The number of nitrogens with zero attached hydrogens (tertiary/aromatic N) is 2. The van der Waals surface area contributed by atoms with Gasteiger partial charge in [-0.2, -0.15) is 0 Å². The molecule has 1 aliphatic carbocycles. The zero-order chi connectivity index (χ0) is 14.9. The van der Waals surface area contributed by atoms with Gasteiger partial charge in [0.25, 0.3) is 5.91 Å². The van der Waals surface area contributed by atoms with Crippen LogP contribution < -0.4 is 5.32 Å². The van der Waals surface area contributed by atoms with Crippen LogP contribution in [0.15, 0.2) is 30.3 Å². The first-order chi connectivity index (χ1) is 10.1. The third-order valence-electron chi connectivity index (χ3n) is 3.90. The summed E-state index contributed by atoms with van der Waals surface area (Å²) in [4.78, 5) is 12.7. The number of aryl methyl sites for hydroxylation is 1. The topological polar surface area (TPSA) is 75.1 Å². The molecule has 5 nitrogen and oxygen atoms in total. The minimum atomic E-state index is -0.997. The number of rotatable bonds is 5. The molecule has 1 amide bonds. The summed E-state index contributed by atoms with van der Waals surface area (Å²) in [6.07, 6.45) is 1.98. The van der Waals surface area contributed by atoms with Crippen LogP contribution in [0.2, 0.25) is 0 Å². The molecule has 0 radical (unpaired) electrons. The molecular formula is C15H17N3O2S. The Morgan fingerprint density at radius 2 is 2.14 bits per heavy atom. The molecule has 0 unspecified atom stereocenters. The zero-order valence-corrected chi connectivity index (χ0v) is 12.6. The van der Waals surface area contributed by atoms with Crippen molar-refractivity contribution in [2.45, 2.75) is 25.4 Å². The fourth-order valence-corrected chi connectivity index (χ4v) is 3.08. The number of hydrogen-bond acceptors (Lipinski definition) is 5. The van der Waals surface area contributed by atoms with Gasteiger partial charge in [0.15, 0.2) is 0 Å². The van der Waals surface area contributed by atoms with Gasteiger partial charge >= 0.3 is 0 Å². The average molecular weight is 303 g/mol. The van der Waals surface area contributed by atoms with Gasteiger partial charge in [0.05, 0.1) is 12.2 Å². The summed E-state index contributed by atoms with van der Waals surface area (Å²) >= 11 is 1.07. The van der Waals surface area contributed by atoms with Crippen LogP contribution in [-0.2, 0) is 5.60 Å². The first kappa shape index (κ1) is 14.2. The molecule has 0 aliphatic heterocycles. The maximum absolute atomic E-state index is 12.2. The SMILES string of the molecule is Cc1nnsc1C(=O)NC[C@@](O)(c1ccccc1)C1CC1. The van der Waals surface area contributed by atoms with Crippen LogP contribution in [0.3, 0.4) is 0 Å². The third-order valence-corrected chi connectivity index (χ3v) is 4.73. The van der Waals surface area contributed by atoms with Crippen molar-refractivity contribution in [1.82, 2.24) is 14.9 Å². The molecule has 2 aromatic rings. The predicted octanol–water partition coefficient (Wildman–Crippen LogP) is 1.87. The van der Waals surface area contributed by atoms with Gasteiger partial charge in [0.1, 0.15) is 10.5 Å². The lowest BCUT2D eigenvalue weighted by Gasteiger charge is -2.29. The molecular weight excluding hydrogens is 286 g/mol. The van der Waals surface area contributed by atoms with Crippen molar-refractivity contribution in [1.29, 1.82) is 0 Å². The fraction of sp³-hybridized carbons (Fsp3) is 0.400. The molecule has 6 heteroatoms. The number of benzene rings is 1. The Balaban J connectivity index is 1.75. The molecule has 110 valence electrons. The monoisotopic (exact) mass is 303 g/mol. The van der Waals surface area contributed by atoms with Crippen LogP contribution in [0, 0.1) is 12.8 Å². The second-order valence-electron chi connectivity index (χ2n) is 5.43. The molecule has 1 aromatic heterocycles. The van der Waals surface area contributed by atoms with E-state index in [2.05, 4.69) is 14.9 Å². The largest absolute Gasteiger partial charge is 0.383 e. The molecule has 0 bridgehead atoms. The molecule has 3 rings (SSSR count). The standard InChI is InChI=1S/C15H17N3O2S/c1-10-13(21-18-17-10)14(19)16-9-15(20,12-7-8-12)11-5-3-2-4-6-11/h2-6,12,20H,7-9H2,1H3,(H,16,19)/t15-/m1/s1. The minimum Gasteiger partial charge on any atom is -0.383 e. The van der Waals surface area contributed by atoms with Crippen molar-refractivity contribution in [2.24, 2.45) is 5.92 Å². The summed E-state index contributed by atoms with van der Waals surface area (Å²) in [6.45, 7) is 1.96. The van der Waals surface area contributed by atoms with Crippen LogP contribution >= 0.6 is 11.5 Å². The first-order valence-corrected chi connectivity index (χ1v) is 7.73. The first-order valence-electron chi connectivity index (χ1n) is 6.96. The van der Waals surface area contributed by atoms with E-state index >= 15 is 0 Å². The molecule has 1 heterocycles. The number of carbonyl (C=O) groups is 1. The van der Waals surface area contributed by atoms with Gasteiger partial charge in [-0.05, 0) is 42.8 Å². The van der Waals surface area contributed by atoms with Crippen LogP contribution in [0.5, 0.6) is 0 Å². The summed E-state index contributed by atoms with van der Waals surface area (Å²) in [5.74, 6) is -0.0154. The Kier molecular flexibility index (Phi) is 3.73. The molecule has 21 heavy (non-hydrogen) atoms. The number of aliphatic hydroxyl groups is 1. The van der Waals surface area contributed by atoms with Crippen molar-refractivity contribution in [3.05, 3.63) is 46.5 Å². The van der Waals surface area contributed by atoms with Gasteiger partial charge in [0.2, 0.25) is 0 Å². The Hall–Kier alpha value is -1.79. The lowest BCUT2D eigenvalue weighted by molar-refractivity contribution is 0.0135. The molecule has 0 saturated heterocycles. The van der Waals surface area contributed by atoms with E-state index in [4.69, 9.17) is 0 Å². The average Bonchev–Trinajstić information content (AvgIpc) is 3.28. The molecule has 2 N–H and O–H groups in total. The van der Waals surface area contributed by atoms with Crippen molar-refractivity contribution >= 4 is 17.4 Å². The molecule has 1 saturated carbocycles. The Morgan fingerprint density at radius 1 is 1.43 bits per heavy atom. The number of aromatic nitrogens is 2. The van der Waals surface area contributed by atoms with Gasteiger partial charge in [-0.25, -0.2) is 0 Å². The van der Waals surface area contributed by atoms with E-state index < -0.39 is 5.60 Å². The van der Waals surface area contributed by atoms with Crippen LogP contribution in [-0.4, -0.2) is 27.1 Å². The quantitative estimate of drug-likeness (QED) is 0.884. The van der Waals surface area contributed by atoms with E-state index in [1.54, 1.807) is 6.92 Å². The van der Waals surface area contributed by atoms with E-state index in [0.717, 1.165) is 29.9 Å². The lowest BCUT2D eigenvalue weighted by Crippen LogP contribution is -2.42. The zero-order valence-electron chi connectivity index (χ0n) is 11.7. The number of nitrogens with one attached hydrogen (secondary N) is 1. The molecule has 1 aromatic carbocycles. The van der Waals surface area contributed by atoms with E-state index in [9.17, 15) is 9.90 Å². The van der Waals surface area contributed by atoms with E-state index in [1.165, 1.54) is 0 Å². The summed E-state index contributed by atoms with van der Waals surface area (Å²) in [5.41, 5.74) is 0.474. The van der Waals surface area contributed by atoms with Crippen LogP contribution in [0.25, 0.3) is 0 Å². The van der Waals surface area contributed by atoms with E-state index in [1.807, 2.05) is 30.3 Å². The summed E-state index contributed by atoms with van der Waals surface area (Å²) in [7, 11) is 0. The Labute approximate surface area is 127 Å². The van der Waals surface area contributed by atoms with E-state index in [-0.39, 0.29) is 18.4 Å². The van der Waals surface area contributed by atoms with Crippen molar-refractivity contribution in [3.63, 3.8) is 0 Å². The molecule has 1 aliphatic rings. The summed E-state index contributed by atoms with van der Waals surface area (Å²) in [6, 6.07) is 9.54. The number of amides is 1. The normalized spacial score (nSPS) is 17.2. The van der Waals surface area contributed by atoms with Gasteiger partial charge in [0, 0.05) is 0 Å².